The molecule has 0 spiro atoms. The fourth-order valence-electron chi connectivity index (χ4n) is 2.25. The standard InChI is InChI=1S/C16H15N3O2S/c1-10(2)19-16(21)13-6-4-3-5-12(13)14(18-19)15(20)17-11-7-8-22-9-11/h3-10H,1-2H3,(H,17,20). The third kappa shape index (κ3) is 2.53. The van der Waals surface area contributed by atoms with E-state index in [1.54, 1.807) is 24.3 Å². The van der Waals surface area contributed by atoms with Crippen molar-refractivity contribution < 1.29 is 4.79 Å². The lowest BCUT2D eigenvalue weighted by Crippen LogP contribution is -2.28. The van der Waals surface area contributed by atoms with Crippen LogP contribution in [0.3, 0.4) is 0 Å². The van der Waals surface area contributed by atoms with Crippen molar-refractivity contribution in [3.63, 3.8) is 0 Å². The van der Waals surface area contributed by atoms with Gasteiger partial charge in [0.2, 0.25) is 0 Å². The maximum Gasteiger partial charge on any atom is 0.276 e. The topological polar surface area (TPSA) is 64.0 Å². The van der Waals surface area contributed by atoms with Crippen LogP contribution in [0.25, 0.3) is 10.8 Å². The fourth-order valence-corrected chi connectivity index (χ4v) is 2.84. The van der Waals surface area contributed by atoms with Gasteiger partial charge in [-0.2, -0.15) is 16.4 Å². The third-order valence-corrected chi connectivity index (χ3v) is 3.99. The van der Waals surface area contributed by atoms with E-state index >= 15 is 0 Å². The molecule has 5 nitrogen and oxygen atoms in total. The van der Waals surface area contributed by atoms with Crippen LogP contribution in [-0.2, 0) is 0 Å². The Kier molecular flexibility index (Phi) is 3.77. The monoisotopic (exact) mass is 313 g/mol. The van der Waals surface area contributed by atoms with Crippen molar-refractivity contribution in [3.8, 4) is 0 Å². The molecule has 1 N–H and O–H groups in total. The van der Waals surface area contributed by atoms with Crippen LogP contribution in [0.2, 0.25) is 0 Å². The number of nitrogens with one attached hydrogen (secondary N) is 1. The molecule has 0 aliphatic heterocycles. The number of nitrogens with zero attached hydrogens (tertiary/aromatic N) is 2. The van der Waals surface area contributed by atoms with Crippen LogP contribution in [0, 0.1) is 0 Å². The third-order valence-electron chi connectivity index (χ3n) is 3.31. The highest BCUT2D eigenvalue weighted by Gasteiger charge is 2.17. The van der Waals surface area contributed by atoms with Crippen LogP contribution in [0.4, 0.5) is 5.69 Å². The highest BCUT2D eigenvalue weighted by molar-refractivity contribution is 7.08. The van der Waals surface area contributed by atoms with Gasteiger partial charge in [-0.05, 0) is 31.4 Å². The lowest BCUT2D eigenvalue weighted by Gasteiger charge is -2.13. The van der Waals surface area contributed by atoms with Crippen molar-refractivity contribution in [2.75, 3.05) is 5.32 Å². The first-order valence-corrected chi connectivity index (χ1v) is 7.87. The van der Waals surface area contributed by atoms with Gasteiger partial charge in [-0.25, -0.2) is 4.68 Å². The summed E-state index contributed by atoms with van der Waals surface area (Å²) in [7, 11) is 0. The average molecular weight is 313 g/mol. The van der Waals surface area contributed by atoms with Crippen LogP contribution in [0.5, 0.6) is 0 Å². The fraction of sp³-hybridized carbons (Fsp3) is 0.188. The summed E-state index contributed by atoms with van der Waals surface area (Å²) >= 11 is 1.50. The van der Waals surface area contributed by atoms with E-state index in [1.165, 1.54) is 16.0 Å². The average Bonchev–Trinajstić information content (AvgIpc) is 3.00. The van der Waals surface area contributed by atoms with Crippen molar-refractivity contribution in [2.24, 2.45) is 0 Å². The Bertz CT molecular complexity index is 882. The molecule has 0 saturated heterocycles. The normalized spacial score (nSPS) is 11.0. The van der Waals surface area contributed by atoms with E-state index in [0.717, 1.165) is 5.69 Å². The molecular formula is C16H15N3O2S. The molecule has 0 radical (unpaired) electrons. The first-order valence-electron chi connectivity index (χ1n) is 6.93. The van der Waals surface area contributed by atoms with Gasteiger partial charge in [0, 0.05) is 10.8 Å². The number of carbonyl (C=O) groups excluding carboxylic acids is 1. The molecule has 3 aromatic rings. The van der Waals surface area contributed by atoms with Crippen molar-refractivity contribution in [3.05, 3.63) is 57.1 Å². The van der Waals surface area contributed by atoms with Gasteiger partial charge in [0.15, 0.2) is 5.69 Å². The molecule has 2 aromatic heterocycles. The second kappa shape index (κ2) is 5.73. The first kappa shape index (κ1) is 14.5. The summed E-state index contributed by atoms with van der Waals surface area (Å²) in [6, 6.07) is 8.75. The second-order valence-corrected chi connectivity index (χ2v) is 5.98. The molecule has 1 amide bonds. The van der Waals surface area contributed by atoms with E-state index in [-0.39, 0.29) is 23.2 Å². The number of thiophene rings is 1. The van der Waals surface area contributed by atoms with E-state index in [1.807, 2.05) is 30.7 Å². The summed E-state index contributed by atoms with van der Waals surface area (Å²) in [6.07, 6.45) is 0. The Morgan fingerprint density at radius 3 is 2.59 bits per heavy atom. The number of hydrogen-bond donors (Lipinski definition) is 1. The lowest BCUT2D eigenvalue weighted by atomic mass is 10.1. The molecule has 0 aliphatic rings. The number of fused-ring (bicyclic) bond motifs is 1. The van der Waals surface area contributed by atoms with E-state index < -0.39 is 0 Å². The van der Waals surface area contributed by atoms with E-state index in [0.29, 0.717) is 10.8 Å². The van der Waals surface area contributed by atoms with Gasteiger partial charge in [-0.15, -0.1) is 0 Å². The molecule has 0 bridgehead atoms. The number of aromatic nitrogens is 2. The first-order chi connectivity index (χ1) is 10.6. The van der Waals surface area contributed by atoms with Crippen LogP contribution in [0.1, 0.15) is 30.4 Å². The minimum Gasteiger partial charge on any atom is -0.320 e. The summed E-state index contributed by atoms with van der Waals surface area (Å²) in [6.45, 7) is 3.73. The zero-order valence-electron chi connectivity index (χ0n) is 12.2. The van der Waals surface area contributed by atoms with Crippen LogP contribution in [-0.4, -0.2) is 15.7 Å². The van der Waals surface area contributed by atoms with Gasteiger partial charge in [0.05, 0.1) is 17.1 Å². The van der Waals surface area contributed by atoms with E-state index in [2.05, 4.69) is 10.4 Å². The Morgan fingerprint density at radius 1 is 1.23 bits per heavy atom. The quantitative estimate of drug-likeness (QED) is 0.807. The van der Waals surface area contributed by atoms with Crippen LogP contribution in [0.15, 0.2) is 45.9 Å². The summed E-state index contributed by atoms with van der Waals surface area (Å²) in [4.78, 5) is 25.0. The zero-order valence-corrected chi connectivity index (χ0v) is 13.1. The molecule has 22 heavy (non-hydrogen) atoms. The van der Waals surface area contributed by atoms with E-state index in [9.17, 15) is 9.59 Å². The number of hydrogen-bond acceptors (Lipinski definition) is 4. The molecule has 112 valence electrons. The van der Waals surface area contributed by atoms with Gasteiger partial charge < -0.3 is 5.32 Å². The largest absolute Gasteiger partial charge is 0.320 e. The minimum atomic E-state index is -0.316. The summed E-state index contributed by atoms with van der Waals surface area (Å²) < 4.78 is 1.35. The summed E-state index contributed by atoms with van der Waals surface area (Å²) in [5.41, 5.74) is 0.802. The van der Waals surface area contributed by atoms with Crippen molar-refractivity contribution >= 4 is 33.7 Å². The summed E-state index contributed by atoms with van der Waals surface area (Å²) in [5, 5.41) is 11.9. The molecule has 0 atom stereocenters. The number of benzene rings is 1. The molecule has 0 unspecified atom stereocenters. The lowest BCUT2D eigenvalue weighted by molar-refractivity contribution is 0.102. The summed E-state index contributed by atoms with van der Waals surface area (Å²) in [5.74, 6) is -0.316. The van der Waals surface area contributed by atoms with Gasteiger partial charge in [-0.3, -0.25) is 9.59 Å². The van der Waals surface area contributed by atoms with Crippen molar-refractivity contribution in [2.45, 2.75) is 19.9 Å². The number of anilines is 1. The van der Waals surface area contributed by atoms with Gasteiger partial charge in [-0.1, -0.05) is 18.2 Å². The maximum atomic E-state index is 12.5. The van der Waals surface area contributed by atoms with Crippen LogP contribution >= 0.6 is 11.3 Å². The predicted octanol–water partition coefficient (Wildman–Crippen LogP) is 3.29. The predicted molar refractivity (Wildman–Crippen MR) is 88.7 cm³/mol. The Hall–Kier alpha value is -2.47. The van der Waals surface area contributed by atoms with Crippen molar-refractivity contribution in [1.82, 2.24) is 9.78 Å². The Labute approximate surface area is 131 Å². The minimum absolute atomic E-state index is 0.121. The highest BCUT2D eigenvalue weighted by atomic mass is 32.1. The number of rotatable bonds is 3. The molecule has 0 saturated carbocycles. The number of amides is 1. The van der Waals surface area contributed by atoms with Gasteiger partial charge in [0.25, 0.3) is 11.5 Å². The smallest absolute Gasteiger partial charge is 0.276 e. The van der Waals surface area contributed by atoms with Crippen molar-refractivity contribution in [1.29, 1.82) is 0 Å². The van der Waals surface area contributed by atoms with Crippen LogP contribution < -0.4 is 10.9 Å². The van der Waals surface area contributed by atoms with Gasteiger partial charge >= 0.3 is 0 Å². The Balaban J connectivity index is 2.17. The zero-order chi connectivity index (χ0) is 15.7. The highest BCUT2D eigenvalue weighted by Crippen LogP contribution is 2.18. The molecule has 2 heterocycles. The molecule has 6 heteroatoms. The molecule has 0 fully saturated rings. The molecule has 3 rings (SSSR count). The SMILES string of the molecule is CC(C)n1nc(C(=O)Nc2ccsc2)c2ccccc2c1=O. The van der Waals surface area contributed by atoms with Gasteiger partial charge in [0.1, 0.15) is 0 Å². The molecular weight excluding hydrogens is 298 g/mol. The Morgan fingerprint density at radius 2 is 1.95 bits per heavy atom. The number of carbonyl (C=O) groups is 1. The second-order valence-electron chi connectivity index (χ2n) is 5.20. The molecule has 1 aromatic carbocycles. The maximum absolute atomic E-state index is 12.5. The van der Waals surface area contributed by atoms with E-state index in [4.69, 9.17) is 0 Å². The molecule has 0 aliphatic carbocycles.